The largest absolute Gasteiger partial charge is 0.343 e. The van der Waals surface area contributed by atoms with Gasteiger partial charge in [0, 0.05) is 6.54 Å². The predicted octanol–water partition coefficient (Wildman–Crippen LogP) is 1.94. The topological polar surface area (TPSA) is 49.4 Å². The number of hydrogen-bond donors (Lipinski definition) is 1. The number of unbranched alkanes of at least 4 members (excludes halogenated alkanes) is 1. The highest BCUT2D eigenvalue weighted by Crippen LogP contribution is 2.18. The summed E-state index contributed by atoms with van der Waals surface area (Å²) in [7, 11) is 0. The molecular formula is C14H26N2O2. The second-order valence-electron chi connectivity index (χ2n) is 5.31. The molecule has 1 aliphatic heterocycles. The van der Waals surface area contributed by atoms with Crippen molar-refractivity contribution in [3.8, 4) is 0 Å². The Morgan fingerprint density at radius 2 is 1.94 bits per heavy atom. The van der Waals surface area contributed by atoms with E-state index in [1.54, 1.807) is 11.8 Å². The fourth-order valence-electron chi connectivity index (χ4n) is 2.42. The lowest BCUT2D eigenvalue weighted by Gasteiger charge is -2.38. The molecule has 18 heavy (non-hydrogen) atoms. The van der Waals surface area contributed by atoms with Gasteiger partial charge in [-0.15, -0.1) is 0 Å². The fourth-order valence-corrected chi connectivity index (χ4v) is 2.42. The zero-order valence-electron chi connectivity index (χ0n) is 12.0. The van der Waals surface area contributed by atoms with Gasteiger partial charge in [-0.25, -0.2) is 0 Å². The summed E-state index contributed by atoms with van der Waals surface area (Å²) in [5.41, 5.74) is 0. The average molecular weight is 254 g/mol. The number of nitrogens with one attached hydrogen (secondary N) is 1. The van der Waals surface area contributed by atoms with Crippen molar-refractivity contribution in [1.29, 1.82) is 0 Å². The monoisotopic (exact) mass is 254 g/mol. The quantitative estimate of drug-likeness (QED) is 0.787. The molecule has 0 spiro atoms. The first-order valence-corrected chi connectivity index (χ1v) is 7.12. The van der Waals surface area contributed by atoms with E-state index in [1.807, 2.05) is 6.92 Å². The van der Waals surface area contributed by atoms with Gasteiger partial charge in [0.2, 0.25) is 11.8 Å². The summed E-state index contributed by atoms with van der Waals surface area (Å²) < 4.78 is 0. The van der Waals surface area contributed by atoms with Gasteiger partial charge in [-0.05, 0) is 26.2 Å². The molecule has 4 nitrogen and oxygen atoms in total. The maximum Gasteiger partial charge on any atom is 0.245 e. The molecule has 0 aromatic rings. The van der Waals surface area contributed by atoms with Crippen molar-refractivity contribution in [1.82, 2.24) is 10.2 Å². The maximum atomic E-state index is 12.1. The molecule has 3 unspecified atom stereocenters. The van der Waals surface area contributed by atoms with Crippen molar-refractivity contribution in [2.75, 3.05) is 6.54 Å². The number of rotatable bonds is 6. The summed E-state index contributed by atoms with van der Waals surface area (Å²) in [6, 6.07) is -0.707. The normalized spacial score (nSPS) is 26.1. The Morgan fingerprint density at radius 1 is 1.28 bits per heavy atom. The van der Waals surface area contributed by atoms with Crippen LogP contribution in [-0.4, -0.2) is 35.3 Å². The molecule has 0 aliphatic carbocycles. The minimum Gasteiger partial charge on any atom is -0.343 e. The zero-order valence-corrected chi connectivity index (χ0v) is 12.0. The Labute approximate surface area is 110 Å². The highest BCUT2D eigenvalue weighted by Gasteiger charge is 2.36. The molecule has 1 aliphatic rings. The molecule has 0 bridgehead atoms. The smallest absolute Gasteiger partial charge is 0.245 e. The van der Waals surface area contributed by atoms with Crippen LogP contribution in [-0.2, 0) is 9.59 Å². The number of piperazine rings is 1. The first-order chi connectivity index (χ1) is 8.51. The average Bonchev–Trinajstić information content (AvgIpc) is 2.36. The van der Waals surface area contributed by atoms with Crippen LogP contribution in [0, 0.1) is 5.92 Å². The molecule has 1 N–H and O–H groups in total. The lowest BCUT2D eigenvalue weighted by molar-refractivity contribution is -0.148. The molecule has 2 amide bonds. The van der Waals surface area contributed by atoms with Gasteiger partial charge in [0.25, 0.3) is 0 Å². The van der Waals surface area contributed by atoms with Gasteiger partial charge in [-0.2, -0.15) is 0 Å². The summed E-state index contributed by atoms with van der Waals surface area (Å²) >= 11 is 0. The molecule has 0 aromatic carbocycles. The highest BCUT2D eigenvalue weighted by atomic mass is 16.2. The third-order valence-corrected chi connectivity index (χ3v) is 3.86. The van der Waals surface area contributed by atoms with Crippen LogP contribution in [0.4, 0.5) is 0 Å². The van der Waals surface area contributed by atoms with Crippen LogP contribution in [0.1, 0.15) is 53.4 Å². The van der Waals surface area contributed by atoms with Gasteiger partial charge in [0.1, 0.15) is 12.1 Å². The summed E-state index contributed by atoms with van der Waals surface area (Å²) in [5, 5.41) is 2.71. The molecule has 0 radical (unpaired) electrons. The third kappa shape index (κ3) is 3.47. The van der Waals surface area contributed by atoms with E-state index < -0.39 is 0 Å². The predicted molar refractivity (Wildman–Crippen MR) is 72.1 cm³/mol. The maximum absolute atomic E-state index is 12.1. The molecule has 0 aromatic heterocycles. The van der Waals surface area contributed by atoms with Gasteiger partial charge >= 0.3 is 0 Å². The molecular weight excluding hydrogens is 228 g/mol. The molecule has 4 heteroatoms. The van der Waals surface area contributed by atoms with Gasteiger partial charge in [-0.3, -0.25) is 9.59 Å². The van der Waals surface area contributed by atoms with Crippen LogP contribution >= 0.6 is 0 Å². The number of carbonyl (C=O) groups is 2. The second-order valence-corrected chi connectivity index (χ2v) is 5.31. The van der Waals surface area contributed by atoms with E-state index >= 15 is 0 Å². The molecule has 1 heterocycles. The highest BCUT2D eigenvalue weighted by molar-refractivity contribution is 5.96. The van der Waals surface area contributed by atoms with Gasteiger partial charge < -0.3 is 10.2 Å². The molecule has 104 valence electrons. The van der Waals surface area contributed by atoms with E-state index in [4.69, 9.17) is 0 Å². The Hall–Kier alpha value is -1.06. The molecule has 3 atom stereocenters. The van der Waals surface area contributed by atoms with Crippen LogP contribution in [0.15, 0.2) is 0 Å². The number of amides is 2. The molecule has 1 saturated heterocycles. The first kappa shape index (κ1) is 15.0. The summed E-state index contributed by atoms with van der Waals surface area (Å²) in [4.78, 5) is 25.6. The van der Waals surface area contributed by atoms with E-state index in [-0.39, 0.29) is 23.9 Å². The minimum absolute atomic E-state index is 0.0348. The SMILES string of the molecule is CCCCC(CC)CN1C(=O)C(C)NC(=O)C1C. The summed E-state index contributed by atoms with van der Waals surface area (Å²) in [6.07, 6.45) is 4.57. The summed E-state index contributed by atoms with van der Waals surface area (Å²) in [5.74, 6) is 0.527. The fraction of sp³-hybridized carbons (Fsp3) is 0.857. The van der Waals surface area contributed by atoms with Gasteiger partial charge in [0.15, 0.2) is 0 Å². The Balaban J connectivity index is 2.66. The Bertz CT molecular complexity index is 304. The molecule has 0 saturated carbocycles. The zero-order chi connectivity index (χ0) is 13.7. The molecule has 1 rings (SSSR count). The standard InChI is InChI=1S/C14H26N2O2/c1-5-7-8-12(6-2)9-16-11(4)13(17)15-10(3)14(16)18/h10-12H,5-9H2,1-4H3,(H,15,17). The second kappa shape index (κ2) is 6.76. The van der Waals surface area contributed by atoms with E-state index in [0.29, 0.717) is 12.5 Å². The lowest BCUT2D eigenvalue weighted by atomic mass is 9.97. The van der Waals surface area contributed by atoms with Crippen molar-refractivity contribution < 1.29 is 9.59 Å². The van der Waals surface area contributed by atoms with Crippen molar-refractivity contribution in [2.24, 2.45) is 5.92 Å². The van der Waals surface area contributed by atoms with Crippen molar-refractivity contribution in [3.63, 3.8) is 0 Å². The van der Waals surface area contributed by atoms with Crippen molar-refractivity contribution in [3.05, 3.63) is 0 Å². The van der Waals surface area contributed by atoms with Crippen LogP contribution in [0.3, 0.4) is 0 Å². The Kier molecular flexibility index (Phi) is 5.63. The van der Waals surface area contributed by atoms with Crippen LogP contribution in [0.5, 0.6) is 0 Å². The minimum atomic E-state index is -0.377. The van der Waals surface area contributed by atoms with Gasteiger partial charge in [0.05, 0.1) is 0 Å². The Morgan fingerprint density at radius 3 is 2.50 bits per heavy atom. The van der Waals surface area contributed by atoms with Crippen molar-refractivity contribution >= 4 is 11.8 Å². The van der Waals surface area contributed by atoms with Crippen molar-refractivity contribution in [2.45, 2.75) is 65.5 Å². The first-order valence-electron chi connectivity index (χ1n) is 7.12. The van der Waals surface area contributed by atoms with E-state index in [1.165, 1.54) is 12.8 Å². The number of hydrogen-bond acceptors (Lipinski definition) is 2. The molecule has 1 fully saturated rings. The third-order valence-electron chi connectivity index (χ3n) is 3.86. The summed E-state index contributed by atoms with van der Waals surface area (Å²) in [6.45, 7) is 8.62. The van der Waals surface area contributed by atoms with E-state index in [9.17, 15) is 9.59 Å². The number of carbonyl (C=O) groups excluding carboxylic acids is 2. The lowest BCUT2D eigenvalue weighted by Crippen LogP contribution is -2.62. The van der Waals surface area contributed by atoms with E-state index in [0.717, 1.165) is 12.8 Å². The van der Waals surface area contributed by atoms with Gasteiger partial charge in [-0.1, -0.05) is 33.1 Å². The van der Waals surface area contributed by atoms with E-state index in [2.05, 4.69) is 19.2 Å². The number of nitrogens with zero attached hydrogens (tertiary/aromatic N) is 1. The van der Waals surface area contributed by atoms with Crippen LogP contribution < -0.4 is 5.32 Å². The van der Waals surface area contributed by atoms with Crippen LogP contribution in [0.25, 0.3) is 0 Å². The van der Waals surface area contributed by atoms with Crippen LogP contribution in [0.2, 0.25) is 0 Å².